The van der Waals surface area contributed by atoms with Gasteiger partial charge in [-0.3, -0.25) is 37.3 Å². The van der Waals surface area contributed by atoms with Crippen LogP contribution in [0.4, 0.5) is 0 Å². The van der Waals surface area contributed by atoms with E-state index in [-0.39, 0.29) is 25.7 Å². The van der Waals surface area contributed by atoms with Crippen molar-refractivity contribution in [1.82, 2.24) is 0 Å². The molecule has 0 rings (SSSR count). The van der Waals surface area contributed by atoms with Crippen LogP contribution in [-0.4, -0.2) is 96.7 Å². The summed E-state index contributed by atoms with van der Waals surface area (Å²) in [6, 6.07) is 0. The number of phosphoric ester groups is 2. The van der Waals surface area contributed by atoms with Gasteiger partial charge in [-0.2, -0.15) is 0 Å². The maximum Gasteiger partial charge on any atom is 0.472 e. The monoisotopic (exact) mass is 1550 g/mol. The van der Waals surface area contributed by atoms with Gasteiger partial charge in [-0.15, -0.1) is 0 Å². The lowest BCUT2D eigenvalue weighted by molar-refractivity contribution is -0.161. The average molecular weight is 1550 g/mol. The minimum atomic E-state index is -5.00. The van der Waals surface area contributed by atoms with E-state index in [9.17, 15) is 43.2 Å². The van der Waals surface area contributed by atoms with Crippen LogP contribution in [0, 0.1) is 0 Å². The van der Waals surface area contributed by atoms with E-state index >= 15 is 0 Å². The van der Waals surface area contributed by atoms with Crippen molar-refractivity contribution in [2.75, 3.05) is 39.6 Å². The van der Waals surface area contributed by atoms with Gasteiger partial charge in [0.15, 0.2) is 12.2 Å². The number of carbonyl (C=O) groups is 4. The molecule has 3 N–H and O–H groups in total. The number of unbranched alkanes of at least 4 members (excludes halogenated alkanes) is 28. The highest BCUT2D eigenvalue weighted by molar-refractivity contribution is 7.47. The summed E-state index contributed by atoms with van der Waals surface area (Å²) in [6.45, 7) is 4.60. The first-order chi connectivity index (χ1) is 52.7. The summed E-state index contributed by atoms with van der Waals surface area (Å²) in [5, 5.41) is 10.7. The van der Waals surface area contributed by atoms with Crippen molar-refractivity contribution in [3.63, 3.8) is 0 Å². The van der Waals surface area contributed by atoms with E-state index in [4.69, 9.17) is 37.0 Å². The lowest BCUT2D eigenvalue weighted by atomic mass is 10.0. The first-order valence-electron chi connectivity index (χ1n) is 42.1. The van der Waals surface area contributed by atoms with Crippen LogP contribution in [0.25, 0.3) is 0 Å². The van der Waals surface area contributed by atoms with Crippen LogP contribution in [0.1, 0.15) is 336 Å². The maximum absolute atomic E-state index is 13.1. The van der Waals surface area contributed by atoms with Gasteiger partial charge in [-0.1, -0.05) is 315 Å². The number of phosphoric acid groups is 2. The van der Waals surface area contributed by atoms with Gasteiger partial charge < -0.3 is 33.8 Å². The number of aliphatic hydroxyl groups excluding tert-OH is 1. The van der Waals surface area contributed by atoms with E-state index in [0.717, 1.165) is 148 Å². The Morgan fingerprint density at radius 3 is 0.824 bits per heavy atom. The molecule has 0 aromatic heterocycles. The van der Waals surface area contributed by atoms with Crippen LogP contribution in [0.5, 0.6) is 0 Å². The van der Waals surface area contributed by atoms with E-state index in [1.807, 2.05) is 12.2 Å². The number of hydrogen-bond acceptors (Lipinski definition) is 15. The second kappa shape index (κ2) is 80.0. The third kappa shape index (κ3) is 79.0. The van der Waals surface area contributed by atoms with Gasteiger partial charge in [-0.25, -0.2) is 9.13 Å². The predicted molar refractivity (Wildman–Crippen MR) is 445 cm³/mol. The standard InChI is InChI=1S/C89H150O17P2/c1-5-9-13-17-21-25-29-33-37-39-41-43-47-49-53-57-61-65-69-73-86(91)99-79-84(105-88(93)75-71-67-63-59-55-51-45-35-31-27-23-19-15-11-7-3)81-103-107(95,96)101-77-83(90)78-102-108(97,98)104-82-85(106-89(94)76-72-68-64-60-56-52-46-36-32-28-24-20-16-12-8-4)80-100-87(92)74-70-66-62-58-54-50-48-44-42-40-38-34-30-26-22-18-14-10-6-2/h9,13,21-23,25-27,33-35,37-38,41-45,49-50,53-54,62,66,83-85,90H,5-8,10-12,14-20,24,28-32,36,39-40,46-48,51-52,55-61,63-65,67-82H2,1-4H3,(H,95,96)(H,97,98)/b13-9-,25-21-,26-22-,27-23-,37-33-,38-34-,43-41-,44-42-,45-35-,53-49-,54-50-,66-62-/t83-,84-,85-/m1/s1. The Hall–Kier alpha value is -5.06. The second-order valence-electron chi connectivity index (χ2n) is 27.7. The molecule has 0 aliphatic heterocycles. The number of allylic oxidation sites excluding steroid dienone is 24. The highest BCUT2D eigenvalue weighted by Gasteiger charge is 2.30. The SMILES string of the molecule is CC/C=C\C/C=C\C/C=C\C/C=C\C/C=C\CCCCCC(=O)OC[C@H](COP(=O)(O)OC[C@@H](O)COP(=O)(O)OC[C@@H](COC(=O)CC/C=C\C/C=C\C/C=C\C/C=C\C/C=C\CCCCC)OC(=O)CCCCCCCCCCCCCCCCC)OC(=O)CCCCCCC/C=C\C/C=C\CCCCC. The van der Waals surface area contributed by atoms with Crippen molar-refractivity contribution in [1.29, 1.82) is 0 Å². The smallest absolute Gasteiger partial charge is 0.462 e. The van der Waals surface area contributed by atoms with E-state index in [1.165, 1.54) is 103 Å². The van der Waals surface area contributed by atoms with Crippen molar-refractivity contribution >= 4 is 39.5 Å². The topological polar surface area (TPSA) is 237 Å². The summed E-state index contributed by atoms with van der Waals surface area (Å²) in [5.41, 5.74) is 0. The fourth-order valence-electron chi connectivity index (χ4n) is 10.9. The molecule has 5 atom stereocenters. The molecule has 0 radical (unpaired) electrons. The number of esters is 4. The molecule has 0 spiro atoms. The van der Waals surface area contributed by atoms with Gasteiger partial charge in [-0.05, 0) is 141 Å². The Morgan fingerprint density at radius 2 is 0.500 bits per heavy atom. The van der Waals surface area contributed by atoms with E-state index in [2.05, 4.69) is 161 Å². The van der Waals surface area contributed by atoms with Gasteiger partial charge >= 0.3 is 39.5 Å². The summed E-state index contributed by atoms with van der Waals surface area (Å²) in [4.78, 5) is 73.1. The Labute approximate surface area is 656 Å². The molecule has 618 valence electrons. The fraction of sp³-hybridized carbons (Fsp3) is 0.685. The number of rotatable bonds is 78. The average Bonchev–Trinajstić information content (AvgIpc) is 0.923. The highest BCUT2D eigenvalue weighted by atomic mass is 31.2. The van der Waals surface area contributed by atoms with E-state index < -0.39 is 97.5 Å². The molecule has 0 aliphatic carbocycles. The molecule has 0 saturated heterocycles. The van der Waals surface area contributed by atoms with Gasteiger partial charge in [0.2, 0.25) is 0 Å². The van der Waals surface area contributed by atoms with Crippen LogP contribution in [0.15, 0.2) is 146 Å². The lowest BCUT2D eigenvalue weighted by Gasteiger charge is -2.21. The third-order valence-corrected chi connectivity index (χ3v) is 19.2. The van der Waals surface area contributed by atoms with Crippen LogP contribution < -0.4 is 0 Å². The maximum atomic E-state index is 13.1. The van der Waals surface area contributed by atoms with Crippen molar-refractivity contribution < 1.29 is 80.2 Å². The number of carbonyl (C=O) groups excluding carboxylic acids is 4. The zero-order chi connectivity index (χ0) is 78.9. The lowest BCUT2D eigenvalue weighted by Crippen LogP contribution is -2.30. The van der Waals surface area contributed by atoms with Crippen LogP contribution in [0.2, 0.25) is 0 Å². The van der Waals surface area contributed by atoms with Crippen molar-refractivity contribution in [2.24, 2.45) is 0 Å². The van der Waals surface area contributed by atoms with Crippen LogP contribution in [0.3, 0.4) is 0 Å². The summed E-state index contributed by atoms with van der Waals surface area (Å²) >= 11 is 0. The van der Waals surface area contributed by atoms with Gasteiger partial charge in [0.1, 0.15) is 19.3 Å². The van der Waals surface area contributed by atoms with Crippen molar-refractivity contribution in [3.05, 3.63) is 146 Å². The summed E-state index contributed by atoms with van der Waals surface area (Å²) in [6.07, 6.45) is 92.5. The molecular formula is C89H150O17P2. The molecule has 108 heavy (non-hydrogen) atoms. The van der Waals surface area contributed by atoms with E-state index in [1.54, 1.807) is 0 Å². The highest BCUT2D eigenvalue weighted by Crippen LogP contribution is 2.45. The zero-order valence-corrected chi connectivity index (χ0v) is 69.5. The molecule has 0 amide bonds. The Bertz CT molecular complexity index is 2610. The number of ether oxygens (including phenoxy) is 4. The fourth-order valence-corrected chi connectivity index (χ4v) is 12.5. The van der Waals surface area contributed by atoms with Gasteiger partial charge in [0.05, 0.1) is 26.4 Å². The largest absolute Gasteiger partial charge is 0.472 e. The molecule has 0 aromatic rings. The quantitative estimate of drug-likeness (QED) is 0.0169. The Kier molecular flexibility index (Phi) is 76.3. The molecule has 0 aromatic carbocycles. The Morgan fingerprint density at radius 1 is 0.269 bits per heavy atom. The molecule has 0 saturated carbocycles. The molecule has 0 fully saturated rings. The van der Waals surface area contributed by atoms with Gasteiger partial charge in [0, 0.05) is 25.7 Å². The van der Waals surface area contributed by atoms with Gasteiger partial charge in [0.25, 0.3) is 0 Å². The first-order valence-corrected chi connectivity index (χ1v) is 45.1. The summed E-state index contributed by atoms with van der Waals surface area (Å²) in [5.74, 6) is -2.32. The third-order valence-electron chi connectivity index (χ3n) is 17.3. The molecule has 17 nitrogen and oxygen atoms in total. The van der Waals surface area contributed by atoms with Crippen molar-refractivity contribution in [3.8, 4) is 0 Å². The van der Waals surface area contributed by atoms with Crippen LogP contribution >= 0.6 is 15.6 Å². The number of hydrogen-bond donors (Lipinski definition) is 3. The molecule has 0 heterocycles. The molecule has 0 bridgehead atoms. The predicted octanol–water partition coefficient (Wildman–Crippen LogP) is 25.0. The molecule has 19 heteroatoms. The normalized spacial score (nSPS) is 14.5. The minimum Gasteiger partial charge on any atom is -0.462 e. The first kappa shape index (κ1) is 103. The van der Waals surface area contributed by atoms with E-state index in [0.29, 0.717) is 32.1 Å². The summed E-state index contributed by atoms with van der Waals surface area (Å²) < 4.78 is 68.6. The van der Waals surface area contributed by atoms with Crippen LogP contribution in [-0.2, 0) is 65.4 Å². The van der Waals surface area contributed by atoms with Crippen molar-refractivity contribution in [2.45, 2.75) is 354 Å². The second-order valence-corrected chi connectivity index (χ2v) is 30.6. The summed E-state index contributed by atoms with van der Waals surface area (Å²) in [7, 11) is -10.0. The minimum absolute atomic E-state index is 0.0362. The Balaban J connectivity index is 5.47. The number of aliphatic hydroxyl groups is 1. The molecular weight excluding hydrogens is 1400 g/mol. The molecule has 0 aliphatic rings. The molecule has 2 unspecified atom stereocenters. The zero-order valence-electron chi connectivity index (χ0n) is 67.7.